The summed E-state index contributed by atoms with van der Waals surface area (Å²) in [5.41, 5.74) is 3.07. The Labute approximate surface area is 146 Å². The fraction of sp³-hybridized carbons (Fsp3) is 0.190. The lowest BCUT2D eigenvalue weighted by Crippen LogP contribution is -2.01. The molecule has 2 heterocycles. The number of hydrogen-bond donors (Lipinski definition) is 1. The van der Waals surface area contributed by atoms with Gasteiger partial charge in [0.05, 0.1) is 12.1 Å². The Morgan fingerprint density at radius 1 is 1.00 bits per heavy atom. The number of nitrogens with zero attached hydrogens (tertiary/aromatic N) is 2. The van der Waals surface area contributed by atoms with E-state index in [-0.39, 0.29) is 0 Å². The number of benzene rings is 2. The van der Waals surface area contributed by atoms with Gasteiger partial charge in [-0.1, -0.05) is 55.5 Å². The van der Waals surface area contributed by atoms with Crippen LogP contribution in [0.2, 0.25) is 0 Å². The van der Waals surface area contributed by atoms with Crippen LogP contribution in [0.1, 0.15) is 30.8 Å². The molecule has 0 amide bonds. The number of aromatic nitrogens is 2. The van der Waals surface area contributed by atoms with Gasteiger partial charge in [0, 0.05) is 5.39 Å². The molecular formula is C21H20N2O2. The molecule has 1 N–H and O–H groups in total. The van der Waals surface area contributed by atoms with E-state index in [1.807, 2.05) is 54.1 Å². The van der Waals surface area contributed by atoms with Crippen molar-refractivity contribution in [3.05, 3.63) is 78.1 Å². The van der Waals surface area contributed by atoms with Gasteiger partial charge in [-0.05, 0) is 30.2 Å². The maximum atomic E-state index is 9.98. The minimum absolute atomic E-state index is 0.577. The van der Waals surface area contributed by atoms with E-state index in [0.29, 0.717) is 24.5 Å². The first-order chi connectivity index (χ1) is 12.3. The van der Waals surface area contributed by atoms with Gasteiger partial charge in [-0.25, -0.2) is 0 Å². The molecule has 0 saturated heterocycles. The van der Waals surface area contributed by atoms with E-state index < -0.39 is 6.10 Å². The molecule has 4 heteroatoms. The van der Waals surface area contributed by atoms with Crippen molar-refractivity contribution in [3.63, 3.8) is 0 Å². The summed E-state index contributed by atoms with van der Waals surface area (Å²) >= 11 is 0. The van der Waals surface area contributed by atoms with Crippen molar-refractivity contribution in [1.82, 2.24) is 9.78 Å². The van der Waals surface area contributed by atoms with Crippen molar-refractivity contribution in [2.45, 2.75) is 26.0 Å². The van der Waals surface area contributed by atoms with Crippen molar-refractivity contribution >= 4 is 10.9 Å². The quantitative estimate of drug-likeness (QED) is 0.572. The van der Waals surface area contributed by atoms with E-state index >= 15 is 0 Å². The lowest BCUT2D eigenvalue weighted by molar-refractivity contribution is 0.147. The van der Waals surface area contributed by atoms with Gasteiger partial charge >= 0.3 is 0 Å². The topological polar surface area (TPSA) is 51.2 Å². The Kier molecular flexibility index (Phi) is 4.12. The number of aliphatic hydroxyl groups is 1. The van der Waals surface area contributed by atoms with Gasteiger partial charge in [0.25, 0.3) is 0 Å². The van der Waals surface area contributed by atoms with Crippen LogP contribution in [0.5, 0.6) is 0 Å². The first-order valence-electron chi connectivity index (χ1n) is 8.54. The molecule has 126 valence electrons. The summed E-state index contributed by atoms with van der Waals surface area (Å²) < 4.78 is 7.87. The van der Waals surface area contributed by atoms with Crippen LogP contribution in [-0.4, -0.2) is 14.9 Å². The van der Waals surface area contributed by atoms with Crippen LogP contribution >= 0.6 is 0 Å². The van der Waals surface area contributed by atoms with Crippen LogP contribution in [0.25, 0.3) is 22.4 Å². The average Bonchev–Trinajstić information content (AvgIpc) is 3.27. The maximum absolute atomic E-state index is 9.98. The molecule has 1 atom stereocenters. The molecule has 2 aromatic carbocycles. The maximum Gasteiger partial charge on any atom is 0.155 e. The first-order valence-corrected chi connectivity index (χ1v) is 8.54. The second kappa shape index (κ2) is 6.57. The largest absolute Gasteiger partial charge is 0.457 e. The third-order valence-corrected chi connectivity index (χ3v) is 4.41. The van der Waals surface area contributed by atoms with Crippen molar-refractivity contribution < 1.29 is 9.52 Å². The van der Waals surface area contributed by atoms with E-state index in [1.165, 1.54) is 5.56 Å². The third-order valence-electron chi connectivity index (χ3n) is 4.41. The van der Waals surface area contributed by atoms with Gasteiger partial charge < -0.3 is 9.52 Å². The SMILES string of the molecule is CCC(O)c1ccc(-c2nn(Cc3ccccc3)c3ccccc23)o1. The molecule has 2 aromatic heterocycles. The van der Waals surface area contributed by atoms with Gasteiger partial charge in [0.2, 0.25) is 0 Å². The fourth-order valence-electron chi connectivity index (χ4n) is 3.05. The number of rotatable bonds is 5. The van der Waals surface area contributed by atoms with E-state index in [1.54, 1.807) is 0 Å². The Morgan fingerprint density at radius 3 is 2.56 bits per heavy atom. The molecule has 0 saturated carbocycles. The minimum atomic E-state index is -0.577. The lowest BCUT2D eigenvalue weighted by Gasteiger charge is -2.03. The van der Waals surface area contributed by atoms with Crippen LogP contribution in [-0.2, 0) is 6.54 Å². The number of fused-ring (bicyclic) bond motifs is 1. The predicted molar refractivity (Wildman–Crippen MR) is 98.2 cm³/mol. The highest BCUT2D eigenvalue weighted by Crippen LogP contribution is 2.31. The zero-order valence-corrected chi connectivity index (χ0v) is 14.1. The molecule has 0 aliphatic heterocycles. The Bertz CT molecular complexity index is 985. The smallest absolute Gasteiger partial charge is 0.155 e. The molecule has 0 aliphatic carbocycles. The first kappa shape index (κ1) is 15.7. The van der Waals surface area contributed by atoms with Crippen molar-refractivity contribution in [2.75, 3.05) is 0 Å². The molecule has 25 heavy (non-hydrogen) atoms. The number of furan rings is 1. The van der Waals surface area contributed by atoms with E-state index in [2.05, 4.69) is 24.3 Å². The summed E-state index contributed by atoms with van der Waals surface area (Å²) in [7, 11) is 0. The van der Waals surface area contributed by atoms with Crippen molar-refractivity contribution in [1.29, 1.82) is 0 Å². The zero-order chi connectivity index (χ0) is 17.2. The summed E-state index contributed by atoms with van der Waals surface area (Å²) in [5.74, 6) is 1.27. The minimum Gasteiger partial charge on any atom is -0.457 e. The van der Waals surface area contributed by atoms with Crippen LogP contribution in [0, 0.1) is 0 Å². The van der Waals surface area contributed by atoms with Crippen LogP contribution < -0.4 is 0 Å². The standard InChI is InChI=1S/C21H20N2O2/c1-2-18(24)19-12-13-20(25-19)21-16-10-6-7-11-17(16)23(22-21)14-15-8-4-3-5-9-15/h3-13,18,24H,2,14H2,1H3. The summed E-state index contributed by atoms with van der Waals surface area (Å²) in [6, 6.07) is 22.1. The molecule has 0 radical (unpaired) electrons. The number of para-hydroxylation sites is 1. The van der Waals surface area contributed by atoms with Gasteiger partial charge in [-0.15, -0.1) is 0 Å². The average molecular weight is 332 g/mol. The molecule has 0 fully saturated rings. The van der Waals surface area contributed by atoms with Gasteiger partial charge in [-0.2, -0.15) is 5.10 Å². The second-order valence-electron chi connectivity index (χ2n) is 6.14. The third kappa shape index (κ3) is 2.96. The second-order valence-corrected chi connectivity index (χ2v) is 6.14. The predicted octanol–water partition coefficient (Wildman–Crippen LogP) is 4.79. The van der Waals surface area contributed by atoms with Gasteiger partial charge in [0.15, 0.2) is 5.76 Å². The van der Waals surface area contributed by atoms with Crippen molar-refractivity contribution in [3.8, 4) is 11.5 Å². The van der Waals surface area contributed by atoms with Gasteiger partial charge in [0.1, 0.15) is 17.6 Å². The van der Waals surface area contributed by atoms with Crippen LogP contribution in [0.4, 0.5) is 0 Å². The van der Waals surface area contributed by atoms with E-state index in [9.17, 15) is 5.11 Å². The summed E-state index contributed by atoms with van der Waals surface area (Å²) in [4.78, 5) is 0. The molecule has 4 aromatic rings. The summed E-state index contributed by atoms with van der Waals surface area (Å²) in [5, 5.41) is 15.8. The molecule has 0 bridgehead atoms. The Hall–Kier alpha value is -2.85. The summed E-state index contributed by atoms with van der Waals surface area (Å²) in [6.45, 7) is 2.63. The normalized spacial score (nSPS) is 12.6. The Morgan fingerprint density at radius 2 is 1.76 bits per heavy atom. The fourth-order valence-corrected chi connectivity index (χ4v) is 3.05. The van der Waals surface area contributed by atoms with E-state index in [4.69, 9.17) is 9.52 Å². The lowest BCUT2D eigenvalue weighted by atomic mass is 10.2. The highest BCUT2D eigenvalue weighted by Gasteiger charge is 2.17. The molecule has 4 rings (SSSR count). The highest BCUT2D eigenvalue weighted by molar-refractivity contribution is 5.92. The van der Waals surface area contributed by atoms with Crippen molar-refractivity contribution in [2.24, 2.45) is 0 Å². The molecular weight excluding hydrogens is 312 g/mol. The molecule has 0 spiro atoms. The zero-order valence-electron chi connectivity index (χ0n) is 14.1. The molecule has 0 aliphatic rings. The summed E-state index contributed by atoms with van der Waals surface area (Å²) in [6.07, 6.45) is 0.0438. The number of aliphatic hydroxyl groups excluding tert-OH is 1. The highest BCUT2D eigenvalue weighted by atomic mass is 16.4. The number of hydrogen-bond acceptors (Lipinski definition) is 3. The monoisotopic (exact) mass is 332 g/mol. The van der Waals surface area contributed by atoms with Crippen LogP contribution in [0.15, 0.2) is 71.1 Å². The molecule has 4 nitrogen and oxygen atoms in total. The molecule has 1 unspecified atom stereocenters. The van der Waals surface area contributed by atoms with E-state index in [0.717, 1.165) is 16.6 Å². The Balaban J connectivity index is 1.78. The van der Waals surface area contributed by atoms with Gasteiger partial charge in [-0.3, -0.25) is 4.68 Å². The van der Waals surface area contributed by atoms with Crippen LogP contribution in [0.3, 0.4) is 0 Å².